The first-order valence-corrected chi connectivity index (χ1v) is 7.67. The maximum atomic E-state index is 9.11. The van der Waals surface area contributed by atoms with Crippen LogP contribution in [0.15, 0.2) is 34.9 Å². The van der Waals surface area contributed by atoms with Crippen molar-refractivity contribution in [1.29, 1.82) is 0 Å². The zero-order chi connectivity index (χ0) is 15.1. The lowest BCUT2D eigenvalue weighted by molar-refractivity contribution is 0.297. The number of aliphatic hydroxyl groups is 1. The fourth-order valence-corrected chi connectivity index (χ4v) is 2.05. The number of ether oxygens (including phenoxy) is 1. The number of hydrogen-bond acceptors (Lipinski definition) is 5. The van der Waals surface area contributed by atoms with Gasteiger partial charge in [0.1, 0.15) is 5.75 Å². The summed E-state index contributed by atoms with van der Waals surface area (Å²) in [6, 6.07) is 7.60. The van der Waals surface area contributed by atoms with E-state index in [2.05, 4.69) is 38.1 Å². The molecule has 0 unspecified atom stereocenters. The summed E-state index contributed by atoms with van der Waals surface area (Å²) in [6.45, 7) is 2.96. The number of anilines is 1. The van der Waals surface area contributed by atoms with Crippen molar-refractivity contribution in [3.8, 4) is 11.6 Å². The van der Waals surface area contributed by atoms with Crippen LogP contribution in [0, 0.1) is 0 Å². The predicted octanol–water partition coefficient (Wildman–Crippen LogP) is 3.39. The van der Waals surface area contributed by atoms with Crippen LogP contribution in [-0.4, -0.2) is 28.2 Å². The second kappa shape index (κ2) is 7.95. The lowest BCUT2D eigenvalue weighted by atomic mass is 10.1. The molecule has 1 heterocycles. The number of halogens is 1. The summed E-state index contributed by atoms with van der Waals surface area (Å²) < 4.78 is 6.55. The molecule has 2 rings (SSSR count). The van der Waals surface area contributed by atoms with E-state index in [0.717, 1.165) is 18.5 Å². The van der Waals surface area contributed by atoms with Crippen LogP contribution in [-0.2, 0) is 6.42 Å². The van der Waals surface area contributed by atoms with E-state index in [1.54, 1.807) is 6.20 Å². The standard InChI is InChI=1S/C15H18BrN3O2/c1-2-8-17-15-18-10-12(16)14(19-15)21-13-6-4-3-5-11(13)7-9-20/h3-6,10,20H,2,7-9H2,1H3,(H,17,18,19). The van der Waals surface area contributed by atoms with Crippen LogP contribution in [0.1, 0.15) is 18.9 Å². The summed E-state index contributed by atoms with van der Waals surface area (Å²) in [5.41, 5.74) is 0.938. The van der Waals surface area contributed by atoms with Gasteiger partial charge in [0.15, 0.2) is 0 Å². The van der Waals surface area contributed by atoms with Crippen LogP contribution in [0.25, 0.3) is 0 Å². The molecule has 1 aromatic carbocycles. The normalized spacial score (nSPS) is 10.4. The zero-order valence-electron chi connectivity index (χ0n) is 11.8. The molecule has 0 aliphatic rings. The number of aliphatic hydroxyl groups excluding tert-OH is 1. The highest BCUT2D eigenvalue weighted by Gasteiger charge is 2.10. The molecule has 0 fully saturated rings. The van der Waals surface area contributed by atoms with E-state index < -0.39 is 0 Å². The average molecular weight is 352 g/mol. The maximum Gasteiger partial charge on any atom is 0.238 e. The second-order valence-electron chi connectivity index (χ2n) is 4.46. The highest BCUT2D eigenvalue weighted by Crippen LogP contribution is 2.30. The molecule has 112 valence electrons. The molecule has 0 spiro atoms. The van der Waals surface area contributed by atoms with Gasteiger partial charge in [0.2, 0.25) is 11.8 Å². The molecule has 0 radical (unpaired) electrons. The minimum absolute atomic E-state index is 0.0780. The van der Waals surface area contributed by atoms with Crippen molar-refractivity contribution in [2.24, 2.45) is 0 Å². The summed E-state index contributed by atoms with van der Waals surface area (Å²) in [5.74, 6) is 1.68. The van der Waals surface area contributed by atoms with Crippen LogP contribution in [0.5, 0.6) is 11.6 Å². The Morgan fingerprint density at radius 2 is 2.14 bits per heavy atom. The molecule has 0 aliphatic carbocycles. The largest absolute Gasteiger partial charge is 0.437 e. The number of nitrogens with one attached hydrogen (secondary N) is 1. The van der Waals surface area contributed by atoms with Gasteiger partial charge < -0.3 is 15.2 Å². The molecule has 0 atom stereocenters. The minimum atomic E-state index is 0.0780. The zero-order valence-corrected chi connectivity index (χ0v) is 13.4. The number of hydrogen-bond donors (Lipinski definition) is 2. The van der Waals surface area contributed by atoms with Gasteiger partial charge >= 0.3 is 0 Å². The highest BCUT2D eigenvalue weighted by molar-refractivity contribution is 9.10. The van der Waals surface area contributed by atoms with E-state index in [0.29, 0.717) is 28.5 Å². The Morgan fingerprint density at radius 1 is 1.33 bits per heavy atom. The molecular formula is C15H18BrN3O2. The van der Waals surface area contributed by atoms with Crippen LogP contribution >= 0.6 is 15.9 Å². The Morgan fingerprint density at radius 3 is 2.90 bits per heavy atom. The van der Waals surface area contributed by atoms with E-state index in [-0.39, 0.29) is 6.61 Å². The Hall–Kier alpha value is -1.66. The van der Waals surface area contributed by atoms with Gasteiger partial charge in [-0.15, -0.1) is 0 Å². The fraction of sp³-hybridized carbons (Fsp3) is 0.333. The van der Waals surface area contributed by atoms with Crippen molar-refractivity contribution in [2.75, 3.05) is 18.5 Å². The quantitative estimate of drug-likeness (QED) is 0.800. The summed E-state index contributed by atoms with van der Waals surface area (Å²) in [6.07, 6.45) is 3.20. The lowest BCUT2D eigenvalue weighted by Crippen LogP contribution is -2.05. The number of para-hydroxylation sites is 1. The summed E-state index contributed by atoms with van der Waals surface area (Å²) >= 11 is 3.39. The van der Waals surface area contributed by atoms with E-state index in [1.165, 1.54) is 0 Å². The molecule has 0 saturated heterocycles. The van der Waals surface area contributed by atoms with E-state index in [4.69, 9.17) is 9.84 Å². The monoisotopic (exact) mass is 351 g/mol. The van der Waals surface area contributed by atoms with Gasteiger partial charge in [-0.05, 0) is 40.4 Å². The van der Waals surface area contributed by atoms with Gasteiger partial charge in [-0.25, -0.2) is 4.98 Å². The molecular weight excluding hydrogens is 334 g/mol. The first-order chi connectivity index (χ1) is 10.2. The first kappa shape index (κ1) is 15.7. The van der Waals surface area contributed by atoms with Crippen molar-refractivity contribution in [2.45, 2.75) is 19.8 Å². The van der Waals surface area contributed by atoms with Gasteiger partial charge in [0.05, 0.1) is 10.7 Å². The van der Waals surface area contributed by atoms with Gasteiger partial charge in [0.25, 0.3) is 0 Å². The third-order valence-electron chi connectivity index (χ3n) is 2.81. The topological polar surface area (TPSA) is 67.3 Å². The maximum absolute atomic E-state index is 9.11. The molecule has 0 amide bonds. The van der Waals surface area contributed by atoms with Gasteiger partial charge in [-0.3, -0.25) is 0 Å². The van der Waals surface area contributed by atoms with Crippen molar-refractivity contribution in [1.82, 2.24) is 9.97 Å². The smallest absolute Gasteiger partial charge is 0.238 e. The minimum Gasteiger partial charge on any atom is -0.437 e. The number of benzene rings is 1. The lowest BCUT2D eigenvalue weighted by Gasteiger charge is -2.12. The van der Waals surface area contributed by atoms with Crippen LogP contribution in [0.4, 0.5) is 5.95 Å². The van der Waals surface area contributed by atoms with Gasteiger partial charge in [-0.2, -0.15) is 4.98 Å². The SMILES string of the molecule is CCCNc1ncc(Br)c(Oc2ccccc2CCO)n1. The van der Waals surface area contributed by atoms with Crippen LogP contribution < -0.4 is 10.1 Å². The molecule has 6 heteroatoms. The molecule has 1 aromatic heterocycles. The Balaban J connectivity index is 2.22. The van der Waals surface area contributed by atoms with E-state index in [9.17, 15) is 0 Å². The molecule has 0 bridgehead atoms. The summed E-state index contributed by atoms with van der Waals surface area (Å²) in [5, 5.41) is 12.2. The Bertz CT molecular complexity index is 593. The Labute approximate surface area is 132 Å². The van der Waals surface area contributed by atoms with Crippen molar-refractivity contribution < 1.29 is 9.84 Å². The second-order valence-corrected chi connectivity index (χ2v) is 5.31. The molecule has 5 nitrogen and oxygen atoms in total. The van der Waals surface area contributed by atoms with Crippen molar-refractivity contribution in [3.05, 3.63) is 40.5 Å². The predicted molar refractivity (Wildman–Crippen MR) is 85.8 cm³/mol. The molecule has 0 aliphatic heterocycles. The van der Waals surface area contributed by atoms with E-state index >= 15 is 0 Å². The Kier molecular flexibility index (Phi) is 5.95. The fourth-order valence-electron chi connectivity index (χ4n) is 1.78. The molecule has 2 N–H and O–H groups in total. The number of rotatable bonds is 7. The van der Waals surface area contributed by atoms with Crippen molar-refractivity contribution >= 4 is 21.9 Å². The summed E-state index contributed by atoms with van der Waals surface area (Å²) in [7, 11) is 0. The van der Waals surface area contributed by atoms with Gasteiger partial charge in [-0.1, -0.05) is 25.1 Å². The van der Waals surface area contributed by atoms with E-state index in [1.807, 2.05) is 24.3 Å². The van der Waals surface area contributed by atoms with Crippen molar-refractivity contribution in [3.63, 3.8) is 0 Å². The van der Waals surface area contributed by atoms with Gasteiger partial charge in [0, 0.05) is 13.2 Å². The average Bonchev–Trinajstić information content (AvgIpc) is 2.50. The molecule has 21 heavy (non-hydrogen) atoms. The molecule has 2 aromatic rings. The first-order valence-electron chi connectivity index (χ1n) is 6.87. The van der Waals surface area contributed by atoms with Crippen LogP contribution in [0.3, 0.4) is 0 Å². The summed E-state index contributed by atoms with van der Waals surface area (Å²) in [4.78, 5) is 8.54. The number of nitrogens with zero attached hydrogens (tertiary/aromatic N) is 2. The highest BCUT2D eigenvalue weighted by atomic mass is 79.9. The molecule has 0 saturated carbocycles. The third-order valence-corrected chi connectivity index (χ3v) is 3.35. The third kappa shape index (κ3) is 4.41. The number of aromatic nitrogens is 2. The van der Waals surface area contributed by atoms with Crippen LogP contribution in [0.2, 0.25) is 0 Å².